The minimum Gasteiger partial charge on any atom is -0.393 e. The van der Waals surface area contributed by atoms with E-state index in [1.165, 1.54) is 0 Å². The quantitative estimate of drug-likeness (QED) is 0.914. The molecule has 0 bridgehead atoms. The van der Waals surface area contributed by atoms with E-state index in [1.807, 2.05) is 28.7 Å². The van der Waals surface area contributed by atoms with E-state index in [-0.39, 0.29) is 12.0 Å². The van der Waals surface area contributed by atoms with Crippen molar-refractivity contribution in [3.05, 3.63) is 22.4 Å². The first-order chi connectivity index (χ1) is 9.52. The molecule has 1 aliphatic rings. The predicted molar refractivity (Wildman–Crippen MR) is 82.7 cm³/mol. The summed E-state index contributed by atoms with van der Waals surface area (Å²) in [7, 11) is 0. The molecule has 1 N–H and O–H groups in total. The van der Waals surface area contributed by atoms with Gasteiger partial charge in [-0.2, -0.15) is 0 Å². The maximum absolute atomic E-state index is 12.6. The van der Waals surface area contributed by atoms with Gasteiger partial charge < -0.3 is 14.6 Å². The fourth-order valence-corrected chi connectivity index (χ4v) is 3.29. The molecule has 5 heteroatoms. The number of aryl methyl sites for hydroxylation is 1. The second kappa shape index (κ2) is 6.76. The van der Waals surface area contributed by atoms with Crippen molar-refractivity contribution in [1.29, 1.82) is 0 Å². The van der Waals surface area contributed by atoms with Gasteiger partial charge in [0, 0.05) is 30.3 Å². The van der Waals surface area contributed by atoms with Crippen LogP contribution in [0.5, 0.6) is 0 Å². The molecule has 0 aliphatic carbocycles. The maximum atomic E-state index is 12.6. The zero-order chi connectivity index (χ0) is 14.7. The Balaban J connectivity index is 2.05. The van der Waals surface area contributed by atoms with Gasteiger partial charge in [0.1, 0.15) is 5.69 Å². The van der Waals surface area contributed by atoms with Gasteiger partial charge in [0.25, 0.3) is 5.91 Å². The van der Waals surface area contributed by atoms with Crippen LogP contribution in [0.15, 0.2) is 16.7 Å². The Labute approximate surface area is 128 Å². The van der Waals surface area contributed by atoms with Gasteiger partial charge in [-0.25, -0.2) is 0 Å². The van der Waals surface area contributed by atoms with Crippen molar-refractivity contribution in [2.75, 3.05) is 13.1 Å². The average molecular weight is 343 g/mol. The summed E-state index contributed by atoms with van der Waals surface area (Å²) in [6.45, 7) is 6.28. The van der Waals surface area contributed by atoms with Crippen LogP contribution in [0.25, 0.3) is 0 Å². The lowest BCUT2D eigenvalue weighted by Crippen LogP contribution is -2.41. The molecule has 0 saturated carbocycles. The number of hydrogen-bond donors (Lipinski definition) is 1. The van der Waals surface area contributed by atoms with Gasteiger partial charge in [-0.05, 0) is 54.1 Å². The summed E-state index contributed by atoms with van der Waals surface area (Å²) >= 11 is 3.45. The highest BCUT2D eigenvalue weighted by Gasteiger charge is 2.27. The van der Waals surface area contributed by atoms with Crippen LogP contribution in [-0.4, -0.2) is 39.7 Å². The topological polar surface area (TPSA) is 45.5 Å². The third-order valence-corrected chi connectivity index (χ3v) is 4.49. The van der Waals surface area contributed by atoms with Gasteiger partial charge in [-0.15, -0.1) is 0 Å². The second-order valence-electron chi connectivity index (χ2n) is 5.61. The number of hydrogen-bond acceptors (Lipinski definition) is 2. The molecule has 2 heterocycles. The molecule has 1 amide bonds. The smallest absolute Gasteiger partial charge is 0.270 e. The molecule has 1 aromatic heterocycles. The average Bonchev–Trinajstić information content (AvgIpc) is 2.79. The van der Waals surface area contributed by atoms with Gasteiger partial charge in [-0.1, -0.05) is 6.92 Å². The van der Waals surface area contributed by atoms with Crippen LogP contribution < -0.4 is 0 Å². The van der Waals surface area contributed by atoms with Crippen molar-refractivity contribution < 1.29 is 9.90 Å². The fraction of sp³-hybridized carbons (Fsp3) is 0.667. The Kier molecular flexibility index (Phi) is 5.27. The lowest BCUT2D eigenvalue weighted by Gasteiger charge is -2.33. The Bertz CT molecular complexity index is 462. The number of rotatable bonds is 4. The molecule has 0 radical (unpaired) electrons. The van der Waals surface area contributed by atoms with E-state index in [0.717, 1.165) is 49.1 Å². The molecular weight excluding hydrogens is 320 g/mol. The van der Waals surface area contributed by atoms with E-state index in [9.17, 15) is 9.90 Å². The summed E-state index contributed by atoms with van der Waals surface area (Å²) in [6, 6.07) is 1.90. The van der Waals surface area contributed by atoms with E-state index in [1.54, 1.807) is 0 Å². The molecule has 112 valence electrons. The van der Waals surface area contributed by atoms with Crippen LogP contribution >= 0.6 is 15.9 Å². The Morgan fingerprint density at radius 2 is 2.15 bits per heavy atom. The van der Waals surface area contributed by atoms with Crippen molar-refractivity contribution in [1.82, 2.24) is 9.47 Å². The van der Waals surface area contributed by atoms with Gasteiger partial charge >= 0.3 is 0 Å². The van der Waals surface area contributed by atoms with Crippen LogP contribution in [0.4, 0.5) is 0 Å². The molecule has 0 spiro atoms. The van der Waals surface area contributed by atoms with Crippen LogP contribution in [0.1, 0.15) is 43.6 Å². The number of piperidine rings is 1. The summed E-state index contributed by atoms with van der Waals surface area (Å²) in [5, 5.41) is 9.62. The van der Waals surface area contributed by atoms with Gasteiger partial charge in [0.05, 0.1) is 6.10 Å². The molecule has 20 heavy (non-hydrogen) atoms. The number of carbonyl (C=O) groups is 1. The monoisotopic (exact) mass is 342 g/mol. The Morgan fingerprint density at radius 3 is 2.70 bits per heavy atom. The highest BCUT2D eigenvalue weighted by molar-refractivity contribution is 9.10. The first kappa shape index (κ1) is 15.6. The van der Waals surface area contributed by atoms with Crippen molar-refractivity contribution >= 4 is 21.8 Å². The van der Waals surface area contributed by atoms with E-state index in [4.69, 9.17) is 0 Å². The van der Waals surface area contributed by atoms with E-state index < -0.39 is 0 Å². The predicted octanol–water partition coefficient (Wildman–Crippen LogP) is 2.89. The molecule has 1 saturated heterocycles. The molecule has 0 aromatic carbocycles. The van der Waals surface area contributed by atoms with Crippen LogP contribution in [0.2, 0.25) is 0 Å². The second-order valence-corrected chi connectivity index (χ2v) is 6.52. The van der Waals surface area contributed by atoms with Gasteiger partial charge in [0.15, 0.2) is 0 Å². The molecule has 1 aliphatic heterocycles. The number of nitrogens with zero attached hydrogens (tertiary/aromatic N) is 2. The molecule has 1 fully saturated rings. The van der Waals surface area contributed by atoms with Gasteiger partial charge in [0.2, 0.25) is 0 Å². The maximum Gasteiger partial charge on any atom is 0.270 e. The minimum atomic E-state index is -0.273. The number of halogens is 1. The van der Waals surface area contributed by atoms with Gasteiger partial charge in [-0.3, -0.25) is 4.79 Å². The molecule has 1 unspecified atom stereocenters. The highest BCUT2D eigenvalue weighted by Crippen LogP contribution is 2.23. The normalized spacial score (nSPS) is 18.3. The lowest BCUT2D eigenvalue weighted by atomic mass is 9.92. The number of aromatic nitrogens is 1. The number of amides is 1. The summed E-state index contributed by atoms with van der Waals surface area (Å²) in [6.07, 6.45) is 4.48. The third-order valence-electron chi connectivity index (χ3n) is 4.06. The van der Waals surface area contributed by atoms with Crippen LogP contribution in [-0.2, 0) is 6.54 Å². The van der Waals surface area contributed by atoms with Crippen LogP contribution in [0.3, 0.4) is 0 Å². The number of aliphatic hydroxyl groups is 1. The molecule has 1 atom stereocenters. The fourth-order valence-electron chi connectivity index (χ4n) is 2.83. The van der Waals surface area contributed by atoms with E-state index in [2.05, 4.69) is 22.9 Å². The molecule has 4 nitrogen and oxygen atoms in total. The number of carbonyl (C=O) groups excluding carboxylic acids is 1. The van der Waals surface area contributed by atoms with Crippen LogP contribution in [0, 0.1) is 5.92 Å². The summed E-state index contributed by atoms with van der Waals surface area (Å²) in [4.78, 5) is 14.5. The standard InChI is InChI=1S/C15H23BrN2O2/c1-3-6-18-10-13(16)9-14(18)15(20)17-7-4-12(5-8-17)11(2)19/h9-12,19H,3-8H2,1-2H3. The van der Waals surface area contributed by atoms with E-state index >= 15 is 0 Å². The van der Waals surface area contributed by atoms with Crippen molar-refractivity contribution in [2.24, 2.45) is 5.92 Å². The molecule has 1 aromatic rings. The lowest BCUT2D eigenvalue weighted by molar-refractivity contribution is 0.0513. The minimum absolute atomic E-state index is 0.105. The zero-order valence-electron chi connectivity index (χ0n) is 12.2. The summed E-state index contributed by atoms with van der Waals surface area (Å²) in [5.74, 6) is 0.432. The van der Waals surface area contributed by atoms with Crippen molar-refractivity contribution in [2.45, 2.75) is 45.8 Å². The SMILES string of the molecule is CCCn1cc(Br)cc1C(=O)N1CCC(C(C)O)CC1. The zero-order valence-corrected chi connectivity index (χ0v) is 13.8. The Morgan fingerprint density at radius 1 is 1.50 bits per heavy atom. The number of aliphatic hydroxyl groups excluding tert-OH is 1. The number of likely N-dealkylation sites (tertiary alicyclic amines) is 1. The Hall–Kier alpha value is -0.810. The first-order valence-corrected chi connectivity index (χ1v) is 8.15. The third kappa shape index (κ3) is 3.44. The largest absolute Gasteiger partial charge is 0.393 e. The summed E-state index contributed by atoms with van der Waals surface area (Å²) < 4.78 is 2.97. The van der Waals surface area contributed by atoms with E-state index in [0.29, 0.717) is 5.92 Å². The summed E-state index contributed by atoms with van der Waals surface area (Å²) in [5.41, 5.74) is 0.759. The van der Waals surface area contributed by atoms with Crippen molar-refractivity contribution in [3.63, 3.8) is 0 Å². The molecule has 2 rings (SSSR count). The molecular formula is C15H23BrN2O2. The van der Waals surface area contributed by atoms with Crippen molar-refractivity contribution in [3.8, 4) is 0 Å². The first-order valence-electron chi connectivity index (χ1n) is 7.36. The highest BCUT2D eigenvalue weighted by atomic mass is 79.9.